The van der Waals surface area contributed by atoms with Gasteiger partial charge in [0, 0.05) is 38.1 Å². The van der Waals surface area contributed by atoms with Gasteiger partial charge in [-0.1, -0.05) is 25.3 Å². The van der Waals surface area contributed by atoms with Gasteiger partial charge in [-0.15, -0.1) is 0 Å². The Labute approximate surface area is 166 Å². The molecule has 0 atom stereocenters. The van der Waals surface area contributed by atoms with Crippen molar-refractivity contribution in [1.82, 2.24) is 15.1 Å². The van der Waals surface area contributed by atoms with Crippen LogP contribution in [0.3, 0.4) is 0 Å². The molecule has 0 spiro atoms. The van der Waals surface area contributed by atoms with Crippen LogP contribution in [0.1, 0.15) is 56.1 Å². The number of amides is 3. The molecule has 6 heteroatoms. The average molecular weight is 386 g/mol. The second-order valence-corrected chi connectivity index (χ2v) is 8.51. The fraction of sp³-hybridized carbons (Fsp3) is 0.636. The van der Waals surface area contributed by atoms with E-state index in [0.29, 0.717) is 19.0 Å². The maximum absolute atomic E-state index is 12.7. The summed E-state index contributed by atoms with van der Waals surface area (Å²) in [6.45, 7) is 2.73. The smallest absolute Gasteiger partial charge is 0.317 e. The lowest BCUT2D eigenvalue weighted by atomic mass is 9.87. The molecule has 1 aromatic carbocycles. The number of phenols is 1. The molecule has 3 amide bonds. The molecule has 4 rings (SSSR count). The summed E-state index contributed by atoms with van der Waals surface area (Å²) < 4.78 is 0. The van der Waals surface area contributed by atoms with Crippen molar-refractivity contribution in [2.75, 3.05) is 19.6 Å². The van der Waals surface area contributed by atoms with Crippen LogP contribution in [0.25, 0.3) is 0 Å². The normalized spacial score (nSPS) is 21.3. The van der Waals surface area contributed by atoms with E-state index in [-0.39, 0.29) is 23.7 Å². The maximum Gasteiger partial charge on any atom is 0.317 e. The second-order valence-electron chi connectivity index (χ2n) is 8.51. The van der Waals surface area contributed by atoms with Gasteiger partial charge in [0.25, 0.3) is 0 Å². The number of urea groups is 1. The van der Waals surface area contributed by atoms with Crippen molar-refractivity contribution in [3.8, 4) is 5.75 Å². The van der Waals surface area contributed by atoms with Crippen LogP contribution in [0, 0.1) is 5.92 Å². The Morgan fingerprint density at radius 2 is 1.68 bits per heavy atom. The van der Waals surface area contributed by atoms with Crippen molar-refractivity contribution >= 4 is 11.9 Å². The molecular weight excluding hydrogens is 354 g/mol. The highest BCUT2D eigenvalue weighted by molar-refractivity contribution is 5.79. The first kappa shape index (κ1) is 19.1. The minimum atomic E-state index is -0.0361. The van der Waals surface area contributed by atoms with Crippen LogP contribution in [0.15, 0.2) is 18.2 Å². The largest absolute Gasteiger partial charge is 0.508 e. The Morgan fingerprint density at radius 3 is 2.43 bits per heavy atom. The summed E-state index contributed by atoms with van der Waals surface area (Å²) in [6.07, 6.45) is 8.18. The first-order chi connectivity index (χ1) is 13.6. The van der Waals surface area contributed by atoms with Gasteiger partial charge in [0.1, 0.15) is 5.75 Å². The number of fused-ring (bicyclic) bond motifs is 1. The fourth-order valence-electron chi connectivity index (χ4n) is 4.83. The lowest BCUT2D eigenvalue weighted by Crippen LogP contribution is -2.51. The Bertz CT molecular complexity index is 722. The van der Waals surface area contributed by atoms with Gasteiger partial charge in [0.05, 0.1) is 0 Å². The van der Waals surface area contributed by atoms with Crippen LogP contribution in [0.2, 0.25) is 0 Å². The topological polar surface area (TPSA) is 72.9 Å². The molecule has 0 radical (unpaired) electrons. The summed E-state index contributed by atoms with van der Waals surface area (Å²) in [4.78, 5) is 29.2. The molecule has 0 aromatic heterocycles. The van der Waals surface area contributed by atoms with Gasteiger partial charge in [-0.05, 0) is 55.4 Å². The van der Waals surface area contributed by atoms with Crippen molar-refractivity contribution < 1.29 is 14.7 Å². The van der Waals surface area contributed by atoms with Crippen molar-refractivity contribution in [1.29, 1.82) is 0 Å². The number of hydrogen-bond donors (Lipinski definition) is 2. The number of hydrogen-bond acceptors (Lipinski definition) is 3. The molecule has 1 aliphatic carbocycles. The molecule has 6 nitrogen and oxygen atoms in total. The number of carbonyl (C=O) groups is 2. The average Bonchev–Trinajstić information content (AvgIpc) is 2.74. The van der Waals surface area contributed by atoms with Crippen LogP contribution >= 0.6 is 0 Å². The predicted octanol–water partition coefficient (Wildman–Crippen LogP) is 3.03. The van der Waals surface area contributed by atoms with E-state index in [0.717, 1.165) is 50.8 Å². The van der Waals surface area contributed by atoms with Crippen LogP contribution in [0.4, 0.5) is 4.79 Å². The Kier molecular flexibility index (Phi) is 5.74. The zero-order valence-electron chi connectivity index (χ0n) is 16.5. The van der Waals surface area contributed by atoms with Crippen molar-refractivity contribution in [2.24, 2.45) is 5.92 Å². The number of nitrogens with one attached hydrogen (secondary N) is 1. The van der Waals surface area contributed by atoms with Gasteiger partial charge in [-0.25, -0.2) is 4.79 Å². The number of nitrogens with zero attached hydrogens (tertiary/aromatic N) is 2. The maximum atomic E-state index is 12.7. The molecule has 1 saturated carbocycles. The van der Waals surface area contributed by atoms with Crippen LogP contribution < -0.4 is 5.32 Å². The molecule has 1 saturated heterocycles. The number of benzene rings is 1. The molecular formula is C22H31N3O3. The highest BCUT2D eigenvalue weighted by Gasteiger charge is 2.30. The third kappa shape index (κ3) is 4.26. The summed E-state index contributed by atoms with van der Waals surface area (Å²) in [5.74, 6) is 0.803. The first-order valence-electron chi connectivity index (χ1n) is 10.7. The van der Waals surface area contributed by atoms with Crippen molar-refractivity contribution in [3.05, 3.63) is 29.3 Å². The van der Waals surface area contributed by atoms with E-state index >= 15 is 0 Å². The SMILES string of the molecule is O=C(NC1CCN(C(=O)C2CCCCC2)CC1)N1CCc2ccc(O)cc2C1. The van der Waals surface area contributed by atoms with Gasteiger partial charge in [-0.2, -0.15) is 0 Å². The molecule has 2 aliphatic heterocycles. The first-order valence-corrected chi connectivity index (χ1v) is 10.7. The van der Waals surface area contributed by atoms with E-state index in [4.69, 9.17) is 0 Å². The second kappa shape index (κ2) is 8.41. The molecule has 0 bridgehead atoms. The minimum absolute atomic E-state index is 0.0361. The quantitative estimate of drug-likeness (QED) is 0.822. The third-order valence-electron chi connectivity index (χ3n) is 6.58. The number of likely N-dealkylation sites (tertiary alicyclic amines) is 1. The van der Waals surface area contributed by atoms with Gasteiger partial charge in [-0.3, -0.25) is 4.79 Å². The summed E-state index contributed by atoms with van der Waals surface area (Å²) in [5, 5.41) is 12.8. The Balaban J connectivity index is 1.25. The van der Waals surface area contributed by atoms with Crippen molar-refractivity contribution in [3.63, 3.8) is 0 Å². The van der Waals surface area contributed by atoms with Crippen LogP contribution in [-0.4, -0.2) is 52.5 Å². The Hall–Kier alpha value is -2.24. The van der Waals surface area contributed by atoms with Crippen LogP contribution in [-0.2, 0) is 17.8 Å². The van der Waals surface area contributed by atoms with Gasteiger partial charge in [0.15, 0.2) is 0 Å². The standard InChI is InChI=1S/C22H31N3O3/c26-20-7-6-16-8-11-25(15-18(16)14-20)22(28)23-19-9-12-24(13-10-19)21(27)17-4-2-1-3-5-17/h6-7,14,17,19,26H,1-5,8-13,15H2,(H,23,28). The molecule has 3 aliphatic rings. The number of aromatic hydroxyl groups is 1. The van der Waals surface area contributed by atoms with Crippen LogP contribution in [0.5, 0.6) is 5.75 Å². The molecule has 1 aromatic rings. The number of phenolic OH excluding ortho intramolecular Hbond substituents is 1. The lowest BCUT2D eigenvalue weighted by Gasteiger charge is -2.36. The van der Waals surface area contributed by atoms with Gasteiger partial charge in [0.2, 0.25) is 5.91 Å². The van der Waals surface area contributed by atoms with Crippen molar-refractivity contribution in [2.45, 2.75) is 64.0 Å². The summed E-state index contributed by atoms with van der Waals surface area (Å²) in [7, 11) is 0. The van der Waals surface area contributed by atoms with E-state index in [9.17, 15) is 14.7 Å². The monoisotopic (exact) mass is 385 g/mol. The summed E-state index contributed by atoms with van der Waals surface area (Å²) in [5.41, 5.74) is 2.23. The molecule has 152 valence electrons. The molecule has 2 heterocycles. The minimum Gasteiger partial charge on any atom is -0.508 e. The lowest BCUT2D eigenvalue weighted by molar-refractivity contribution is -0.137. The number of rotatable bonds is 2. The summed E-state index contributed by atoms with van der Waals surface area (Å²) >= 11 is 0. The summed E-state index contributed by atoms with van der Waals surface area (Å²) in [6, 6.07) is 5.50. The predicted molar refractivity (Wildman–Crippen MR) is 107 cm³/mol. The molecule has 2 N–H and O–H groups in total. The number of piperidine rings is 1. The van der Waals surface area contributed by atoms with E-state index in [2.05, 4.69) is 5.32 Å². The molecule has 28 heavy (non-hydrogen) atoms. The van der Waals surface area contributed by atoms with E-state index < -0.39 is 0 Å². The third-order valence-corrected chi connectivity index (χ3v) is 6.58. The zero-order chi connectivity index (χ0) is 19.5. The zero-order valence-corrected chi connectivity index (χ0v) is 16.5. The highest BCUT2D eigenvalue weighted by Crippen LogP contribution is 2.27. The van der Waals surface area contributed by atoms with E-state index in [1.54, 1.807) is 12.1 Å². The number of carbonyl (C=O) groups excluding carboxylic acids is 2. The van der Waals surface area contributed by atoms with Gasteiger partial charge < -0.3 is 20.2 Å². The van der Waals surface area contributed by atoms with Gasteiger partial charge >= 0.3 is 6.03 Å². The highest BCUT2D eigenvalue weighted by atomic mass is 16.3. The fourth-order valence-corrected chi connectivity index (χ4v) is 4.83. The van der Waals surface area contributed by atoms with E-state index in [1.165, 1.54) is 24.8 Å². The Morgan fingerprint density at radius 1 is 0.929 bits per heavy atom. The van der Waals surface area contributed by atoms with E-state index in [1.807, 2.05) is 15.9 Å². The molecule has 0 unspecified atom stereocenters. The molecule has 2 fully saturated rings.